The summed E-state index contributed by atoms with van der Waals surface area (Å²) in [7, 11) is 0. The van der Waals surface area contributed by atoms with Crippen molar-refractivity contribution in [2.75, 3.05) is 18.1 Å². The second-order valence-electron chi connectivity index (χ2n) is 4.57. The van der Waals surface area contributed by atoms with Crippen LogP contribution >= 0.6 is 0 Å². The molecule has 0 radical (unpaired) electrons. The van der Waals surface area contributed by atoms with Crippen LogP contribution in [0.5, 0.6) is 0 Å². The summed E-state index contributed by atoms with van der Waals surface area (Å²) in [5.41, 5.74) is 2.71. The van der Waals surface area contributed by atoms with Crippen molar-refractivity contribution in [1.82, 2.24) is 0 Å². The van der Waals surface area contributed by atoms with Gasteiger partial charge in [-0.15, -0.1) is 0 Å². The molecule has 0 aliphatic rings. The number of benzene rings is 1. The molecule has 0 aromatic heterocycles. The highest BCUT2D eigenvalue weighted by Crippen LogP contribution is 2.24. The second kappa shape index (κ2) is 7.17. The SMILES string of the molecule is CCC(CC)N(CCO)c1ccc(C)cc1C=O. The van der Waals surface area contributed by atoms with E-state index in [-0.39, 0.29) is 6.61 Å². The molecule has 0 saturated carbocycles. The van der Waals surface area contributed by atoms with Crippen molar-refractivity contribution < 1.29 is 9.90 Å². The number of nitrogens with zero attached hydrogens (tertiary/aromatic N) is 1. The van der Waals surface area contributed by atoms with Gasteiger partial charge in [-0.2, -0.15) is 0 Å². The highest BCUT2D eigenvalue weighted by atomic mass is 16.3. The molecule has 0 aliphatic carbocycles. The van der Waals surface area contributed by atoms with Crippen LogP contribution in [0.1, 0.15) is 42.6 Å². The van der Waals surface area contributed by atoms with Crippen molar-refractivity contribution in [3.8, 4) is 0 Å². The van der Waals surface area contributed by atoms with E-state index in [0.717, 1.165) is 30.4 Å². The first kappa shape index (κ1) is 14.7. The molecule has 3 nitrogen and oxygen atoms in total. The van der Waals surface area contributed by atoms with Gasteiger partial charge in [-0.25, -0.2) is 0 Å². The maximum atomic E-state index is 11.2. The van der Waals surface area contributed by atoms with E-state index in [4.69, 9.17) is 0 Å². The van der Waals surface area contributed by atoms with Crippen molar-refractivity contribution in [2.24, 2.45) is 0 Å². The Balaban J connectivity index is 3.15. The third-order valence-corrected chi connectivity index (χ3v) is 3.34. The topological polar surface area (TPSA) is 40.5 Å². The van der Waals surface area contributed by atoms with E-state index < -0.39 is 0 Å². The summed E-state index contributed by atoms with van der Waals surface area (Å²) in [6.07, 6.45) is 2.90. The van der Waals surface area contributed by atoms with Crippen molar-refractivity contribution in [3.05, 3.63) is 29.3 Å². The summed E-state index contributed by atoms with van der Waals surface area (Å²) in [6, 6.07) is 6.25. The van der Waals surface area contributed by atoms with Gasteiger partial charge in [0.2, 0.25) is 0 Å². The van der Waals surface area contributed by atoms with Crippen molar-refractivity contribution in [1.29, 1.82) is 0 Å². The zero-order chi connectivity index (χ0) is 13.5. The Labute approximate surface area is 109 Å². The fourth-order valence-electron chi connectivity index (χ4n) is 2.37. The minimum atomic E-state index is 0.0999. The average molecular weight is 249 g/mol. The van der Waals surface area contributed by atoms with E-state index in [1.807, 2.05) is 25.1 Å². The molecular formula is C15H23NO2. The third kappa shape index (κ3) is 3.33. The molecule has 0 amide bonds. The van der Waals surface area contributed by atoms with Crippen LogP contribution < -0.4 is 4.90 Å². The number of hydrogen-bond donors (Lipinski definition) is 1. The molecule has 3 heteroatoms. The van der Waals surface area contributed by atoms with Gasteiger partial charge in [-0.3, -0.25) is 4.79 Å². The van der Waals surface area contributed by atoms with E-state index in [2.05, 4.69) is 18.7 Å². The lowest BCUT2D eigenvalue weighted by Crippen LogP contribution is -2.37. The molecule has 0 aliphatic heterocycles. The molecule has 100 valence electrons. The fraction of sp³-hybridized carbons (Fsp3) is 0.533. The van der Waals surface area contributed by atoms with Crippen LogP contribution in [0.25, 0.3) is 0 Å². The van der Waals surface area contributed by atoms with Gasteiger partial charge < -0.3 is 10.0 Å². The van der Waals surface area contributed by atoms with Crippen molar-refractivity contribution >= 4 is 12.0 Å². The maximum absolute atomic E-state index is 11.2. The van der Waals surface area contributed by atoms with E-state index in [9.17, 15) is 9.90 Å². The molecule has 0 heterocycles. The summed E-state index contributed by atoms with van der Waals surface area (Å²) in [5.74, 6) is 0. The lowest BCUT2D eigenvalue weighted by molar-refractivity contribution is 0.112. The van der Waals surface area contributed by atoms with Crippen LogP contribution in [0, 0.1) is 6.92 Å². The fourth-order valence-corrected chi connectivity index (χ4v) is 2.37. The molecule has 1 aromatic carbocycles. The predicted molar refractivity (Wildman–Crippen MR) is 75.4 cm³/mol. The molecule has 18 heavy (non-hydrogen) atoms. The molecule has 0 bridgehead atoms. The summed E-state index contributed by atoms with van der Waals surface area (Å²) in [6.45, 7) is 6.91. The monoisotopic (exact) mass is 249 g/mol. The molecule has 0 saturated heterocycles. The van der Waals surface area contributed by atoms with Crippen LogP contribution in [0.3, 0.4) is 0 Å². The number of aldehydes is 1. The van der Waals surface area contributed by atoms with Gasteiger partial charge in [-0.1, -0.05) is 25.5 Å². The van der Waals surface area contributed by atoms with E-state index in [1.54, 1.807) is 0 Å². The third-order valence-electron chi connectivity index (χ3n) is 3.34. The Kier molecular flexibility index (Phi) is 5.86. The maximum Gasteiger partial charge on any atom is 0.152 e. The number of aliphatic hydroxyl groups excluding tert-OH is 1. The number of carbonyl (C=O) groups is 1. The molecular weight excluding hydrogens is 226 g/mol. The van der Waals surface area contributed by atoms with Gasteiger partial charge in [0.15, 0.2) is 6.29 Å². The van der Waals surface area contributed by atoms with Crippen LogP contribution in [-0.4, -0.2) is 30.6 Å². The largest absolute Gasteiger partial charge is 0.395 e. The predicted octanol–water partition coefficient (Wildman–Crippen LogP) is 2.79. The molecule has 1 rings (SSSR count). The van der Waals surface area contributed by atoms with Gasteiger partial charge in [0.1, 0.15) is 0 Å². The van der Waals surface area contributed by atoms with Crippen LogP contribution in [0.2, 0.25) is 0 Å². The highest BCUT2D eigenvalue weighted by Gasteiger charge is 2.17. The Bertz CT molecular complexity index is 386. The Morgan fingerprint density at radius 3 is 2.50 bits per heavy atom. The first-order valence-corrected chi connectivity index (χ1v) is 6.61. The lowest BCUT2D eigenvalue weighted by Gasteiger charge is -2.33. The van der Waals surface area contributed by atoms with Crippen LogP contribution in [0.15, 0.2) is 18.2 Å². The van der Waals surface area contributed by atoms with E-state index in [1.165, 1.54) is 0 Å². The molecule has 0 spiro atoms. The first-order chi connectivity index (χ1) is 8.67. The van der Waals surface area contributed by atoms with Gasteiger partial charge in [0.05, 0.1) is 6.61 Å². The Morgan fingerprint density at radius 2 is 2.00 bits per heavy atom. The van der Waals surface area contributed by atoms with Crippen LogP contribution in [0.4, 0.5) is 5.69 Å². The second-order valence-corrected chi connectivity index (χ2v) is 4.57. The number of anilines is 1. The minimum Gasteiger partial charge on any atom is -0.395 e. The summed E-state index contributed by atoms with van der Waals surface area (Å²) >= 11 is 0. The number of carbonyl (C=O) groups excluding carboxylic acids is 1. The van der Waals surface area contributed by atoms with Crippen LogP contribution in [-0.2, 0) is 0 Å². The molecule has 1 N–H and O–H groups in total. The van der Waals surface area contributed by atoms with Gasteiger partial charge in [0, 0.05) is 23.8 Å². The summed E-state index contributed by atoms with van der Waals surface area (Å²) in [4.78, 5) is 13.3. The van der Waals surface area contributed by atoms with Gasteiger partial charge in [0.25, 0.3) is 0 Å². The van der Waals surface area contributed by atoms with Crippen molar-refractivity contribution in [3.63, 3.8) is 0 Å². The van der Waals surface area contributed by atoms with Crippen molar-refractivity contribution in [2.45, 2.75) is 39.7 Å². The first-order valence-electron chi connectivity index (χ1n) is 6.61. The molecule has 1 aromatic rings. The summed E-state index contributed by atoms with van der Waals surface area (Å²) < 4.78 is 0. The smallest absolute Gasteiger partial charge is 0.152 e. The number of rotatable bonds is 7. The molecule has 0 unspecified atom stereocenters. The normalized spacial score (nSPS) is 10.7. The van der Waals surface area contributed by atoms with Gasteiger partial charge in [-0.05, 0) is 31.9 Å². The number of hydrogen-bond acceptors (Lipinski definition) is 3. The standard InChI is InChI=1S/C15H23NO2/c1-4-14(5-2)16(8-9-17)15-7-6-12(3)10-13(15)11-18/h6-7,10-11,14,17H,4-5,8-9H2,1-3H3. The molecule has 0 fully saturated rings. The Morgan fingerprint density at radius 1 is 1.33 bits per heavy atom. The highest BCUT2D eigenvalue weighted by molar-refractivity contribution is 5.85. The van der Waals surface area contributed by atoms with Gasteiger partial charge >= 0.3 is 0 Å². The zero-order valence-corrected chi connectivity index (χ0v) is 11.5. The van der Waals surface area contributed by atoms with E-state index in [0.29, 0.717) is 18.2 Å². The molecule has 0 atom stereocenters. The average Bonchev–Trinajstić information content (AvgIpc) is 2.39. The number of aliphatic hydroxyl groups is 1. The number of aryl methyl sites for hydroxylation is 1. The van der Waals surface area contributed by atoms with E-state index >= 15 is 0 Å². The summed E-state index contributed by atoms with van der Waals surface area (Å²) in [5, 5.41) is 9.23. The quantitative estimate of drug-likeness (QED) is 0.755. The Hall–Kier alpha value is -1.35. The lowest BCUT2D eigenvalue weighted by atomic mass is 10.0. The minimum absolute atomic E-state index is 0.0999. The zero-order valence-electron chi connectivity index (χ0n) is 11.5.